The first-order chi connectivity index (χ1) is 5.48. The van der Waals surface area contributed by atoms with Gasteiger partial charge in [-0.15, -0.1) is 0 Å². The summed E-state index contributed by atoms with van der Waals surface area (Å²) in [4.78, 5) is 0. The second-order valence-corrected chi connectivity index (χ2v) is 7.16. The summed E-state index contributed by atoms with van der Waals surface area (Å²) >= 11 is 0. The molecule has 0 bridgehead atoms. The molecule has 0 radical (unpaired) electrons. The fourth-order valence-electron chi connectivity index (χ4n) is 1.31. The highest BCUT2D eigenvalue weighted by molar-refractivity contribution is 6.64. The molecule has 12 heavy (non-hydrogen) atoms. The summed E-state index contributed by atoms with van der Waals surface area (Å²) in [6.45, 7) is 4.37. The van der Waals surface area contributed by atoms with Crippen molar-refractivity contribution in [1.29, 1.82) is 0 Å². The zero-order chi connectivity index (χ0) is 9.78. The molecule has 0 aliphatic rings. The third kappa shape index (κ3) is 2.86. The van der Waals surface area contributed by atoms with Gasteiger partial charge in [0, 0.05) is 20.3 Å². The number of hydrogen-bond acceptors (Lipinski definition) is 3. The zero-order valence-electron chi connectivity index (χ0n) is 9.05. The van der Waals surface area contributed by atoms with Crippen molar-refractivity contribution in [3.63, 3.8) is 0 Å². The van der Waals surface area contributed by atoms with Crippen molar-refractivity contribution >= 4 is 8.72 Å². The van der Waals surface area contributed by atoms with Crippen LogP contribution in [0.5, 0.6) is 0 Å². The molecule has 0 aromatic carbocycles. The Morgan fingerprint density at radius 1 is 1.17 bits per heavy atom. The molecule has 0 saturated carbocycles. The third-order valence-electron chi connectivity index (χ3n) is 1.99. The van der Waals surface area contributed by atoms with Gasteiger partial charge in [0.15, 0.2) is 0 Å². The maximum Gasteiger partial charge on any atom is 0.427 e. The van der Waals surface area contributed by atoms with E-state index in [2.05, 4.69) is 18.4 Å². The molecule has 0 N–H and O–H groups in total. The minimum absolute atomic E-state index is 0.610. The molecule has 0 unspecified atom stereocenters. The van der Waals surface area contributed by atoms with Crippen LogP contribution in [0.15, 0.2) is 0 Å². The van der Waals surface area contributed by atoms with Crippen LogP contribution in [0.4, 0.5) is 0 Å². The second kappa shape index (κ2) is 4.96. The van der Waals surface area contributed by atoms with Crippen LogP contribution in [-0.2, 0) is 8.85 Å². The highest BCUT2D eigenvalue weighted by Crippen LogP contribution is 2.19. The average Bonchev–Trinajstić information content (AvgIpc) is 1.99. The molecular formula is C8H21NO2Si. The van der Waals surface area contributed by atoms with E-state index in [1.54, 1.807) is 14.2 Å². The van der Waals surface area contributed by atoms with Gasteiger partial charge >= 0.3 is 8.72 Å². The van der Waals surface area contributed by atoms with E-state index in [1.807, 2.05) is 14.1 Å². The monoisotopic (exact) mass is 191 g/mol. The summed E-state index contributed by atoms with van der Waals surface area (Å²) in [7, 11) is 5.45. The summed E-state index contributed by atoms with van der Waals surface area (Å²) < 4.78 is 13.1. The van der Waals surface area contributed by atoms with Crippen LogP contribution in [0.1, 0.15) is 13.8 Å². The summed E-state index contributed by atoms with van der Waals surface area (Å²) in [6, 6.07) is 1.01. The molecule has 4 heteroatoms. The maximum atomic E-state index is 5.50. The van der Waals surface area contributed by atoms with Gasteiger partial charge in [0.1, 0.15) is 0 Å². The molecule has 0 heterocycles. The molecule has 0 aromatic heterocycles. The van der Waals surface area contributed by atoms with Crippen molar-refractivity contribution in [2.45, 2.75) is 19.9 Å². The lowest BCUT2D eigenvalue weighted by molar-refractivity contribution is 0.182. The average molecular weight is 191 g/mol. The molecule has 74 valence electrons. The molecular weight excluding hydrogens is 170 g/mol. The minimum Gasteiger partial charge on any atom is -0.386 e. The first kappa shape index (κ1) is 12.1. The van der Waals surface area contributed by atoms with Gasteiger partial charge in [-0.3, -0.25) is 4.57 Å². The van der Waals surface area contributed by atoms with E-state index in [-0.39, 0.29) is 0 Å². The van der Waals surface area contributed by atoms with Crippen LogP contribution in [-0.4, -0.2) is 41.6 Å². The fourth-order valence-corrected chi connectivity index (χ4v) is 3.94. The Kier molecular flexibility index (Phi) is 5.00. The molecule has 0 aliphatic carbocycles. The van der Waals surface area contributed by atoms with E-state index in [0.717, 1.165) is 6.04 Å². The lowest BCUT2D eigenvalue weighted by Gasteiger charge is -2.33. The molecule has 3 nitrogen and oxygen atoms in total. The van der Waals surface area contributed by atoms with Gasteiger partial charge < -0.3 is 8.85 Å². The van der Waals surface area contributed by atoms with E-state index < -0.39 is 8.72 Å². The van der Waals surface area contributed by atoms with Gasteiger partial charge in [-0.25, -0.2) is 0 Å². The quantitative estimate of drug-likeness (QED) is 0.614. The Morgan fingerprint density at radius 3 is 1.67 bits per heavy atom. The topological polar surface area (TPSA) is 21.7 Å². The molecule has 0 fully saturated rings. The van der Waals surface area contributed by atoms with Crippen molar-refractivity contribution in [1.82, 2.24) is 4.57 Å². The summed E-state index contributed by atoms with van der Waals surface area (Å²) in [5.74, 6) is 0.610. The van der Waals surface area contributed by atoms with Crippen molar-refractivity contribution in [3.8, 4) is 0 Å². The Morgan fingerprint density at radius 2 is 1.58 bits per heavy atom. The van der Waals surface area contributed by atoms with Gasteiger partial charge in [-0.1, -0.05) is 13.8 Å². The predicted molar refractivity (Wildman–Crippen MR) is 53.1 cm³/mol. The molecule has 0 saturated heterocycles. The van der Waals surface area contributed by atoms with Crippen LogP contribution in [0.25, 0.3) is 0 Å². The highest BCUT2D eigenvalue weighted by Gasteiger charge is 2.39. The van der Waals surface area contributed by atoms with Crippen molar-refractivity contribution < 1.29 is 8.85 Å². The Bertz CT molecular complexity index is 124. The smallest absolute Gasteiger partial charge is 0.386 e. The Hall–Kier alpha value is 0.0969. The van der Waals surface area contributed by atoms with Crippen molar-refractivity contribution in [3.05, 3.63) is 0 Å². The lowest BCUT2D eigenvalue weighted by Crippen LogP contribution is -2.54. The van der Waals surface area contributed by atoms with Gasteiger partial charge in [-0.05, 0) is 20.0 Å². The van der Waals surface area contributed by atoms with Crippen LogP contribution in [0, 0.1) is 5.92 Å². The molecule has 0 amide bonds. The molecule has 0 atom stereocenters. The van der Waals surface area contributed by atoms with Crippen LogP contribution >= 0.6 is 0 Å². The summed E-state index contributed by atoms with van der Waals surface area (Å²) in [5, 5.41) is 0. The Balaban J connectivity index is 4.35. The summed E-state index contributed by atoms with van der Waals surface area (Å²) in [6.07, 6.45) is 0. The van der Waals surface area contributed by atoms with E-state index in [4.69, 9.17) is 8.85 Å². The van der Waals surface area contributed by atoms with Gasteiger partial charge in [-0.2, -0.15) is 0 Å². The normalized spacial score (nSPS) is 13.0. The summed E-state index contributed by atoms with van der Waals surface area (Å²) in [5.41, 5.74) is 0. The van der Waals surface area contributed by atoms with E-state index in [9.17, 15) is 0 Å². The SMILES string of the molecule is CO[Si](CC(C)C)(OC)N(C)C. The van der Waals surface area contributed by atoms with Gasteiger partial charge in [0.2, 0.25) is 0 Å². The first-order valence-electron chi connectivity index (χ1n) is 4.26. The molecule has 0 spiro atoms. The standard InChI is InChI=1S/C8H21NO2Si/c1-8(2)7-12(10-5,11-6)9(3)4/h8H,7H2,1-6H3. The van der Waals surface area contributed by atoms with Crippen molar-refractivity contribution in [2.75, 3.05) is 28.3 Å². The lowest BCUT2D eigenvalue weighted by atomic mass is 10.3. The zero-order valence-corrected chi connectivity index (χ0v) is 10.0. The second-order valence-electron chi connectivity index (χ2n) is 3.61. The van der Waals surface area contributed by atoms with Gasteiger partial charge in [0.25, 0.3) is 0 Å². The number of nitrogens with zero attached hydrogens (tertiary/aromatic N) is 1. The minimum atomic E-state index is -2.05. The van der Waals surface area contributed by atoms with E-state index in [1.165, 1.54) is 0 Å². The first-order valence-corrected chi connectivity index (χ1v) is 6.23. The molecule has 0 aromatic rings. The van der Waals surface area contributed by atoms with Crippen LogP contribution in [0.2, 0.25) is 6.04 Å². The van der Waals surface area contributed by atoms with E-state index in [0.29, 0.717) is 5.92 Å². The Labute approximate surface area is 77.0 Å². The highest BCUT2D eigenvalue weighted by atomic mass is 28.4. The predicted octanol–water partition coefficient (Wildman–Crippen LogP) is 1.44. The van der Waals surface area contributed by atoms with Crippen LogP contribution < -0.4 is 0 Å². The fraction of sp³-hybridized carbons (Fsp3) is 1.00. The number of hydrogen-bond donors (Lipinski definition) is 0. The molecule has 0 rings (SSSR count). The molecule has 0 aliphatic heterocycles. The third-order valence-corrected chi connectivity index (χ3v) is 5.96. The van der Waals surface area contributed by atoms with Gasteiger partial charge in [0.05, 0.1) is 0 Å². The van der Waals surface area contributed by atoms with Crippen molar-refractivity contribution in [2.24, 2.45) is 5.92 Å². The largest absolute Gasteiger partial charge is 0.427 e. The van der Waals surface area contributed by atoms with Crippen LogP contribution in [0.3, 0.4) is 0 Å². The van der Waals surface area contributed by atoms with E-state index >= 15 is 0 Å². The number of rotatable bonds is 5. The maximum absolute atomic E-state index is 5.50.